The monoisotopic (exact) mass is 480 g/mol. The van der Waals surface area contributed by atoms with Crippen LogP contribution in [-0.2, 0) is 16.1 Å². The molecule has 1 atom stereocenters. The lowest BCUT2D eigenvalue weighted by Crippen LogP contribution is -2.51. The van der Waals surface area contributed by atoms with Crippen molar-refractivity contribution in [3.05, 3.63) is 59.7 Å². The van der Waals surface area contributed by atoms with Gasteiger partial charge in [-0.2, -0.15) is 0 Å². The third kappa shape index (κ3) is 8.30. The summed E-state index contributed by atoms with van der Waals surface area (Å²) in [5, 5.41) is 3.22. The van der Waals surface area contributed by atoms with Gasteiger partial charge in [0.15, 0.2) is 0 Å². The Morgan fingerprint density at radius 2 is 1.80 bits per heavy atom. The molecule has 3 rings (SSSR count). The van der Waals surface area contributed by atoms with Gasteiger partial charge in [-0.05, 0) is 62.4 Å². The molecule has 1 aliphatic rings. The van der Waals surface area contributed by atoms with Crippen LogP contribution >= 0.6 is 0 Å². The Hall–Kier alpha value is -3.02. The number of nitrogens with zero attached hydrogens (tertiary/aromatic N) is 1. The molecule has 0 bridgehead atoms. The summed E-state index contributed by atoms with van der Waals surface area (Å²) in [4.78, 5) is 28.4. The van der Waals surface area contributed by atoms with Gasteiger partial charge in [0.2, 0.25) is 11.8 Å². The van der Waals surface area contributed by atoms with Crippen molar-refractivity contribution in [1.82, 2.24) is 10.2 Å². The minimum absolute atomic E-state index is 0.0361. The Balaban J connectivity index is 1.66. The molecule has 35 heavy (non-hydrogen) atoms. The summed E-state index contributed by atoms with van der Waals surface area (Å²) in [5.74, 6) is 1.45. The second-order valence-corrected chi connectivity index (χ2v) is 9.41. The standard InChI is InChI=1S/C29H40N2O4/c1-4-27(29(33)30-24-11-6-5-7-12-24)31(21-23-10-8-13-26(20-23)34-3)28(32)14-9-19-35-25-17-15-22(2)16-18-25/h8,10,13,15-18,20,24,27H,4-7,9,11-12,14,19,21H2,1-3H3,(H,30,33)/t27-/m0/s1. The van der Waals surface area contributed by atoms with Crippen LogP contribution in [0.5, 0.6) is 11.5 Å². The summed E-state index contributed by atoms with van der Waals surface area (Å²) in [7, 11) is 1.63. The maximum atomic E-state index is 13.4. The second-order valence-electron chi connectivity index (χ2n) is 9.41. The number of carbonyl (C=O) groups is 2. The van der Waals surface area contributed by atoms with Crippen LogP contribution in [0.25, 0.3) is 0 Å². The molecular formula is C29H40N2O4. The van der Waals surface area contributed by atoms with E-state index in [0.717, 1.165) is 42.7 Å². The number of carbonyl (C=O) groups excluding carboxylic acids is 2. The predicted molar refractivity (Wildman–Crippen MR) is 139 cm³/mol. The molecule has 190 valence electrons. The summed E-state index contributed by atoms with van der Waals surface area (Å²) >= 11 is 0. The zero-order valence-corrected chi connectivity index (χ0v) is 21.4. The average molecular weight is 481 g/mol. The van der Waals surface area contributed by atoms with Gasteiger partial charge in [0, 0.05) is 19.0 Å². The number of aryl methyl sites for hydroxylation is 1. The molecule has 1 fully saturated rings. The molecule has 0 radical (unpaired) electrons. The third-order valence-corrected chi connectivity index (χ3v) is 6.65. The van der Waals surface area contributed by atoms with Crippen molar-refractivity contribution in [2.24, 2.45) is 0 Å². The van der Waals surface area contributed by atoms with Crippen LogP contribution in [0.3, 0.4) is 0 Å². The summed E-state index contributed by atoms with van der Waals surface area (Å²) in [6.45, 7) is 4.82. The Morgan fingerprint density at radius 1 is 1.06 bits per heavy atom. The molecule has 6 nitrogen and oxygen atoms in total. The molecule has 6 heteroatoms. The van der Waals surface area contributed by atoms with Gasteiger partial charge in [-0.15, -0.1) is 0 Å². The highest BCUT2D eigenvalue weighted by Crippen LogP contribution is 2.21. The number of benzene rings is 2. The Kier molecular flexibility index (Phi) is 10.5. The Bertz CT molecular complexity index is 938. The number of nitrogens with one attached hydrogen (secondary N) is 1. The lowest BCUT2D eigenvalue weighted by Gasteiger charge is -2.33. The topological polar surface area (TPSA) is 67.9 Å². The van der Waals surface area contributed by atoms with Crippen molar-refractivity contribution >= 4 is 11.8 Å². The zero-order valence-electron chi connectivity index (χ0n) is 21.4. The predicted octanol–water partition coefficient (Wildman–Crippen LogP) is 5.42. The van der Waals surface area contributed by atoms with Crippen LogP contribution in [-0.4, -0.2) is 42.5 Å². The first-order valence-corrected chi connectivity index (χ1v) is 12.9. The van der Waals surface area contributed by atoms with Gasteiger partial charge in [-0.25, -0.2) is 0 Å². The summed E-state index contributed by atoms with van der Waals surface area (Å²) in [5.41, 5.74) is 2.12. The minimum atomic E-state index is -0.506. The van der Waals surface area contributed by atoms with E-state index < -0.39 is 6.04 Å². The second kappa shape index (κ2) is 13.8. The highest BCUT2D eigenvalue weighted by atomic mass is 16.5. The van der Waals surface area contributed by atoms with Crippen molar-refractivity contribution in [2.75, 3.05) is 13.7 Å². The Labute approximate surface area is 210 Å². The number of methoxy groups -OCH3 is 1. The maximum absolute atomic E-state index is 13.4. The maximum Gasteiger partial charge on any atom is 0.243 e. The summed E-state index contributed by atoms with van der Waals surface area (Å²) < 4.78 is 11.2. The molecular weight excluding hydrogens is 440 g/mol. The van der Waals surface area contributed by atoms with Gasteiger partial charge in [0.25, 0.3) is 0 Å². The first-order chi connectivity index (χ1) is 17.0. The molecule has 0 aliphatic heterocycles. The van der Waals surface area contributed by atoms with Crippen LogP contribution in [0, 0.1) is 6.92 Å². The molecule has 0 aromatic heterocycles. The van der Waals surface area contributed by atoms with E-state index in [1.807, 2.05) is 62.4 Å². The van der Waals surface area contributed by atoms with E-state index in [-0.39, 0.29) is 17.9 Å². The minimum Gasteiger partial charge on any atom is -0.497 e. The molecule has 0 heterocycles. The lowest BCUT2D eigenvalue weighted by atomic mass is 9.95. The van der Waals surface area contributed by atoms with Crippen molar-refractivity contribution in [3.8, 4) is 11.5 Å². The quantitative estimate of drug-likeness (QED) is 0.412. The molecule has 0 unspecified atom stereocenters. The number of hydrogen-bond acceptors (Lipinski definition) is 4. The van der Waals surface area contributed by atoms with E-state index in [4.69, 9.17) is 9.47 Å². The van der Waals surface area contributed by atoms with Gasteiger partial charge in [-0.1, -0.05) is 56.0 Å². The van der Waals surface area contributed by atoms with Gasteiger partial charge in [0.05, 0.1) is 13.7 Å². The van der Waals surface area contributed by atoms with E-state index in [2.05, 4.69) is 5.32 Å². The zero-order chi connectivity index (χ0) is 25.0. The molecule has 0 spiro atoms. The van der Waals surface area contributed by atoms with Crippen LogP contribution in [0.2, 0.25) is 0 Å². The third-order valence-electron chi connectivity index (χ3n) is 6.65. The molecule has 1 aliphatic carbocycles. The fraction of sp³-hybridized carbons (Fsp3) is 0.517. The first-order valence-electron chi connectivity index (χ1n) is 12.9. The van der Waals surface area contributed by atoms with Gasteiger partial charge >= 0.3 is 0 Å². The molecule has 2 amide bonds. The van der Waals surface area contributed by atoms with Gasteiger partial charge in [0.1, 0.15) is 17.5 Å². The van der Waals surface area contributed by atoms with E-state index in [9.17, 15) is 9.59 Å². The normalized spacial score (nSPS) is 14.7. The molecule has 0 saturated heterocycles. The fourth-order valence-corrected chi connectivity index (χ4v) is 4.62. The highest BCUT2D eigenvalue weighted by molar-refractivity contribution is 5.87. The molecule has 1 saturated carbocycles. The smallest absolute Gasteiger partial charge is 0.243 e. The van der Waals surface area contributed by atoms with Crippen LogP contribution in [0.4, 0.5) is 0 Å². The number of rotatable bonds is 12. The largest absolute Gasteiger partial charge is 0.497 e. The number of ether oxygens (including phenoxy) is 2. The molecule has 2 aromatic rings. The molecule has 2 aromatic carbocycles. The van der Waals surface area contributed by atoms with Crippen molar-refractivity contribution < 1.29 is 19.1 Å². The molecule has 1 N–H and O–H groups in total. The lowest BCUT2D eigenvalue weighted by molar-refractivity contribution is -0.142. The average Bonchev–Trinajstić information content (AvgIpc) is 2.88. The van der Waals surface area contributed by atoms with Crippen LogP contribution in [0.1, 0.15) is 69.4 Å². The van der Waals surface area contributed by atoms with Crippen molar-refractivity contribution in [2.45, 2.75) is 83.8 Å². The van der Waals surface area contributed by atoms with E-state index >= 15 is 0 Å². The van der Waals surface area contributed by atoms with Gasteiger partial charge in [-0.3, -0.25) is 9.59 Å². The van der Waals surface area contributed by atoms with Gasteiger partial charge < -0.3 is 19.7 Å². The van der Waals surface area contributed by atoms with Crippen molar-refractivity contribution in [3.63, 3.8) is 0 Å². The summed E-state index contributed by atoms with van der Waals surface area (Å²) in [6.07, 6.45) is 7.03. The van der Waals surface area contributed by atoms with E-state index in [1.54, 1.807) is 12.0 Å². The van der Waals surface area contributed by atoms with E-state index in [1.165, 1.54) is 12.0 Å². The van der Waals surface area contributed by atoms with Crippen LogP contribution in [0.15, 0.2) is 48.5 Å². The van der Waals surface area contributed by atoms with Crippen molar-refractivity contribution in [1.29, 1.82) is 0 Å². The number of amides is 2. The first kappa shape index (κ1) is 26.6. The summed E-state index contributed by atoms with van der Waals surface area (Å²) in [6, 6.07) is 15.3. The SMILES string of the molecule is CC[C@@H](C(=O)NC1CCCCC1)N(Cc1cccc(OC)c1)C(=O)CCCOc1ccc(C)cc1. The van der Waals surface area contributed by atoms with E-state index in [0.29, 0.717) is 32.4 Å². The fourth-order valence-electron chi connectivity index (χ4n) is 4.62. The highest BCUT2D eigenvalue weighted by Gasteiger charge is 2.30. The van der Waals surface area contributed by atoms with Crippen LogP contribution < -0.4 is 14.8 Å². The Morgan fingerprint density at radius 3 is 2.49 bits per heavy atom. The number of hydrogen-bond donors (Lipinski definition) is 1.